The smallest absolute Gasteiger partial charge is 0.261 e. The Morgan fingerprint density at radius 3 is 3.10 bits per heavy atom. The molecule has 5 heteroatoms. The third-order valence-corrected chi connectivity index (χ3v) is 5.74. The molecule has 4 nitrogen and oxygen atoms in total. The van der Waals surface area contributed by atoms with Crippen LogP contribution in [0.1, 0.15) is 22.5 Å². The minimum atomic E-state index is -0.0481. The van der Waals surface area contributed by atoms with Crippen LogP contribution in [0.3, 0.4) is 0 Å². The normalized spacial score (nSPS) is 31.5. The van der Waals surface area contributed by atoms with Crippen molar-refractivity contribution < 1.29 is 9.53 Å². The molecule has 110 valence electrons. The highest BCUT2D eigenvalue weighted by Crippen LogP contribution is 2.37. The van der Waals surface area contributed by atoms with Crippen LogP contribution in [0.5, 0.6) is 0 Å². The second-order valence-corrected chi connectivity index (χ2v) is 6.95. The molecule has 1 aliphatic heterocycles. The predicted molar refractivity (Wildman–Crippen MR) is 83.5 cm³/mol. The van der Waals surface area contributed by atoms with E-state index in [4.69, 9.17) is 10.5 Å². The SMILES string of the molecule is NC1C2CCCOC2C1NC(=O)c1cc2ccccc2s1. The van der Waals surface area contributed by atoms with Crippen LogP contribution >= 0.6 is 11.3 Å². The van der Waals surface area contributed by atoms with Crippen molar-refractivity contribution in [1.29, 1.82) is 0 Å². The molecule has 4 unspecified atom stereocenters. The highest BCUT2D eigenvalue weighted by atomic mass is 32.1. The number of benzene rings is 1. The van der Waals surface area contributed by atoms with Gasteiger partial charge in [-0.15, -0.1) is 11.3 Å². The molecule has 21 heavy (non-hydrogen) atoms. The molecule has 1 aliphatic carbocycles. The van der Waals surface area contributed by atoms with Gasteiger partial charge < -0.3 is 15.8 Å². The maximum atomic E-state index is 12.4. The molecule has 2 fully saturated rings. The van der Waals surface area contributed by atoms with E-state index in [-0.39, 0.29) is 24.1 Å². The fourth-order valence-corrected chi connectivity index (χ4v) is 4.41. The first kappa shape index (κ1) is 13.2. The van der Waals surface area contributed by atoms with Crippen LogP contribution in [0.4, 0.5) is 0 Å². The Kier molecular flexibility index (Phi) is 3.21. The standard InChI is InChI=1S/C16H18N2O2S/c17-13-10-5-3-7-20-15(10)14(13)18-16(19)12-8-9-4-1-2-6-11(9)21-12/h1-2,4,6,8,10,13-15H,3,5,7,17H2,(H,18,19). The molecule has 1 aromatic carbocycles. The lowest BCUT2D eigenvalue weighted by molar-refractivity contribution is -0.117. The van der Waals surface area contributed by atoms with Gasteiger partial charge in [-0.05, 0) is 30.4 Å². The monoisotopic (exact) mass is 302 g/mol. The van der Waals surface area contributed by atoms with Gasteiger partial charge in [-0.25, -0.2) is 0 Å². The molecule has 1 saturated heterocycles. The molecular formula is C16H18N2O2S. The average molecular weight is 302 g/mol. The molecule has 2 aliphatic rings. The summed E-state index contributed by atoms with van der Waals surface area (Å²) in [5, 5.41) is 4.17. The van der Waals surface area contributed by atoms with E-state index in [9.17, 15) is 4.79 Å². The number of amides is 1. The molecule has 1 amide bonds. The zero-order valence-electron chi connectivity index (χ0n) is 11.6. The molecule has 0 bridgehead atoms. The highest BCUT2D eigenvalue weighted by Gasteiger charge is 2.51. The minimum absolute atomic E-state index is 0.0219. The Hall–Kier alpha value is -1.43. The van der Waals surface area contributed by atoms with Crippen molar-refractivity contribution in [2.24, 2.45) is 11.7 Å². The number of nitrogens with one attached hydrogen (secondary N) is 1. The lowest BCUT2D eigenvalue weighted by Crippen LogP contribution is -2.72. The maximum absolute atomic E-state index is 12.4. The van der Waals surface area contributed by atoms with Gasteiger partial charge in [0.2, 0.25) is 0 Å². The Labute approximate surface area is 127 Å². The molecule has 0 spiro atoms. The summed E-state index contributed by atoms with van der Waals surface area (Å²) < 4.78 is 6.90. The molecule has 2 heterocycles. The van der Waals surface area contributed by atoms with Crippen molar-refractivity contribution in [1.82, 2.24) is 5.32 Å². The van der Waals surface area contributed by atoms with Crippen molar-refractivity contribution in [3.05, 3.63) is 35.2 Å². The summed E-state index contributed by atoms with van der Waals surface area (Å²) in [7, 11) is 0. The summed E-state index contributed by atoms with van der Waals surface area (Å²) in [6.45, 7) is 0.781. The average Bonchev–Trinajstić information content (AvgIpc) is 2.96. The number of carbonyl (C=O) groups excluding carboxylic acids is 1. The van der Waals surface area contributed by atoms with Crippen LogP contribution in [0.2, 0.25) is 0 Å². The second-order valence-electron chi connectivity index (χ2n) is 5.87. The van der Waals surface area contributed by atoms with Crippen molar-refractivity contribution >= 4 is 27.3 Å². The molecule has 4 rings (SSSR count). The van der Waals surface area contributed by atoms with Crippen molar-refractivity contribution in [3.63, 3.8) is 0 Å². The van der Waals surface area contributed by atoms with E-state index in [2.05, 4.69) is 5.32 Å². The summed E-state index contributed by atoms with van der Waals surface area (Å²) in [6.07, 6.45) is 2.29. The van der Waals surface area contributed by atoms with Gasteiger partial charge in [0.1, 0.15) is 0 Å². The van der Waals surface area contributed by atoms with E-state index >= 15 is 0 Å². The van der Waals surface area contributed by atoms with Crippen molar-refractivity contribution in [2.45, 2.75) is 31.0 Å². The summed E-state index contributed by atoms with van der Waals surface area (Å²) in [5.74, 6) is 0.371. The number of carbonyl (C=O) groups is 1. The molecular weight excluding hydrogens is 284 g/mol. The zero-order valence-corrected chi connectivity index (χ0v) is 12.4. The van der Waals surface area contributed by atoms with Gasteiger partial charge in [0.25, 0.3) is 5.91 Å². The topological polar surface area (TPSA) is 64.3 Å². The Morgan fingerprint density at radius 1 is 1.38 bits per heavy atom. The van der Waals surface area contributed by atoms with Gasteiger partial charge in [-0.3, -0.25) is 4.79 Å². The first-order valence-corrected chi connectivity index (χ1v) is 8.22. The van der Waals surface area contributed by atoms with Gasteiger partial charge >= 0.3 is 0 Å². The largest absolute Gasteiger partial charge is 0.376 e. The van der Waals surface area contributed by atoms with Crippen molar-refractivity contribution in [2.75, 3.05) is 6.61 Å². The summed E-state index contributed by atoms with van der Waals surface area (Å²) in [5.41, 5.74) is 6.19. The lowest BCUT2D eigenvalue weighted by atomic mass is 9.68. The number of ether oxygens (including phenoxy) is 1. The summed E-state index contributed by atoms with van der Waals surface area (Å²) in [6, 6.07) is 9.95. The molecule has 4 atom stereocenters. The highest BCUT2D eigenvalue weighted by molar-refractivity contribution is 7.20. The first-order chi connectivity index (χ1) is 10.2. The van der Waals surface area contributed by atoms with E-state index < -0.39 is 0 Å². The van der Waals surface area contributed by atoms with Gasteiger partial charge in [-0.1, -0.05) is 18.2 Å². The Morgan fingerprint density at radius 2 is 2.24 bits per heavy atom. The van der Waals surface area contributed by atoms with E-state index in [1.54, 1.807) is 0 Å². The van der Waals surface area contributed by atoms with Gasteiger partial charge in [-0.2, -0.15) is 0 Å². The number of rotatable bonds is 2. The van der Waals surface area contributed by atoms with Crippen LogP contribution in [-0.4, -0.2) is 30.7 Å². The van der Waals surface area contributed by atoms with Crippen LogP contribution in [-0.2, 0) is 4.74 Å². The van der Waals surface area contributed by atoms with E-state index in [1.807, 2.05) is 30.3 Å². The molecule has 1 saturated carbocycles. The van der Waals surface area contributed by atoms with E-state index in [1.165, 1.54) is 11.3 Å². The number of nitrogens with two attached hydrogens (primary N) is 1. The molecule has 1 aromatic heterocycles. The van der Waals surface area contributed by atoms with E-state index in [0.29, 0.717) is 5.92 Å². The number of hydrogen-bond acceptors (Lipinski definition) is 4. The van der Waals surface area contributed by atoms with Gasteiger partial charge in [0, 0.05) is 23.3 Å². The molecule has 2 aromatic rings. The quantitative estimate of drug-likeness (QED) is 0.893. The predicted octanol–water partition coefficient (Wildman–Crippen LogP) is 2.14. The van der Waals surface area contributed by atoms with Crippen LogP contribution in [0.25, 0.3) is 10.1 Å². The van der Waals surface area contributed by atoms with Gasteiger partial charge in [0.05, 0.1) is 17.0 Å². The van der Waals surface area contributed by atoms with Crippen LogP contribution < -0.4 is 11.1 Å². The second kappa shape index (κ2) is 5.09. The molecule has 3 N–H and O–H groups in total. The fraction of sp³-hybridized carbons (Fsp3) is 0.438. The number of hydrogen-bond donors (Lipinski definition) is 2. The fourth-order valence-electron chi connectivity index (χ4n) is 3.44. The van der Waals surface area contributed by atoms with Gasteiger partial charge in [0.15, 0.2) is 0 Å². The van der Waals surface area contributed by atoms with Crippen LogP contribution in [0.15, 0.2) is 30.3 Å². The summed E-state index contributed by atoms with van der Waals surface area (Å²) >= 11 is 1.52. The molecule has 0 radical (unpaired) electrons. The lowest BCUT2D eigenvalue weighted by Gasteiger charge is -2.52. The first-order valence-electron chi connectivity index (χ1n) is 7.41. The summed E-state index contributed by atoms with van der Waals surface area (Å²) in [4.78, 5) is 13.2. The third-order valence-electron chi connectivity index (χ3n) is 4.62. The number of thiophene rings is 1. The van der Waals surface area contributed by atoms with E-state index in [0.717, 1.165) is 34.4 Å². The zero-order chi connectivity index (χ0) is 14.4. The van der Waals surface area contributed by atoms with Crippen LogP contribution in [0, 0.1) is 5.92 Å². The maximum Gasteiger partial charge on any atom is 0.261 e. The number of fused-ring (bicyclic) bond motifs is 2. The van der Waals surface area contributed by atoms with Crippen molar-refractivity contribution in [3.8, 4) is 0 Å². The third kappa shape index (κ3) is 2.16. The minimum Gasteiger partial charge on any atom is -0.376 e. The Bertz CT molecular complexity index is 651. The Balaban J connectivity index is 1.50.